The molecule has 7 nitrogen and oxygen atoms in total. The molecule has 1 aromatic carbocycles. The van der Waals surface area contributed by atoms with Crippen molar-refractivity contribution in [3.63, 3.8) is 0 Å². The number of benzene rings is 1. The average Bonchev–Trinajstić information content (AvgIpc) is 2.99. The number of hydrogen-bond acceptors (Lipinski definition) is 7. The van der Waals surface area contributed by atoms with Gasteiger partial charge < -0.3 is 20.3 Å². The van der Waals surface area contributed by atoms with Crippen molar-refractivity contribution in [2.24, 2.45) is 0 Å². The SMILES string of the molecule is Cc1ccncc1Nc1cc2c3c(c1)[C@@H]1CNCC[C@@H]1N3CCOC2.O=C(C(=O)C(F)(F)F)C(F)(F)F. The monoisotopic (exact) mass is 530 g/mol. The minimum Gasteiger partial charge on any atom is -0.375 e. The van der Waals surface area contributed by atoms with Gasteiger partial charge in [-0.1, -0.05) is 0 Å². The lowest BCUT2D eigenvalue weighted by molar-refractivity contribution is -0.193. The van der Waals surface area contributed by atoms with E-state index in [0.717, 1.165) is 37.6 Å². The Labute approximate surface area is 208 Å². The first-order valence-electron chi connectivity index (χ1n) is 11.5. The molecule has 1 fully saturated rings. The van der Waals surface area contributed by atoms with Crippen LogP contribution < -0.4 is 15.5 Å². The summed E-state index contributed by atoms with van der Waals surface area (Å²) in [6, 6.07) is 7.26. The van der Waals surface area contributed by atoms with Gasteiger partial charge in [0.15, 0.2) is 0 Å². The number of nitrogens with zero attached hydrogens (tertiary/aromatic N) is 2. The number of aromatic nitrogens is 1. The Hall–Kier alpha value is -3.19. The number of rotatable bonds is 3. The first-order chi connectivity index (χ1) is 17.4. The van der Waals surface area contributed by atoms with E-state index < -0.39 is 23.9 Å². The van der Waals surface area contributed by atoms with Crippen LogP contribution in [0.4, 0.5) is 43.4 Å². The van der Waals surface area contributed by atoms with Gasteiger partial charge in [0.2, 0.25) is 0 Å². The molecule has 3 aliphatic heterocycles. The highest BCUT2D eigenvalue weighted by atomic mass is 19.4. The van der Waals surface area contributed by atoms with E-state index in [0.29, 0.717) is 18.6 Å². The zero-order valence-electron chi connectivity index (χ0n) is 19.7. The molecular weight excluding hydrogens is 506 g/mol. The maximum Gasteiger partial charge on any atom is 0.458 e. The molecule has 200 valence electrons. The van der Waals surface area contributed by atoms with Gasteiger partial charge in [-0.2, -0.15) is 26.3 Å². The Morgan fingerprint density at radius 2 is 1.84 bits per heavy atom. The number of piperidine rings is 1. The van der Waals surface area contributed by atoms with Crippen molar-refractivity contribution in [3.8, 4) is 0 Å². The molecule has 2 N–H and O–H groups in total. The van der Waals surface area contributed by atoms with Crippen LogP contribution in [0.2, 0.25) is 0 Å². The van der Waals surface area contributed by atoms with Crippen LogP contribution >= 0.6 is 0 Å². The number of aryl methyl sites for hydroxylation is 1. The number of hydrogen-bond donors (Lipinski definition) is 2. The molecule has 37 heavy (non-hydrogen) atoms. The summed E-state index contributed by atoms with van der Waals surface area (Å²) in [5.41, 5.74) is 7.64. The van der Waals surface area contributed by atoms with Crippen molar-refractivity contribution in [3.05, 3.63) is 47.3 Å². The first kappa shape index (κ1) is 26.9. The van der Waals surface area contributed by atoms with Gasteiger partial charge in [0.05, 0.1) is 25.1 Å². The average molecular weight is 530 g/mol. The van der Waals surface area contributed by atoms with E-state index in [2.05, 4.69) is 39.6 Å². The summed E-state index contributed by atoms with van der Waals surface area (Å²) in [6.07, 6.45) is -6.60. The van der Waals surface area contributed by atoms with Crippen LogP contribution in [0, 0.1) is 6.92 Å². The van der Waals surface area contributed by atoms with Crippen molar-refractivity contribution in [2.75, 3.05) is 36.5 Å². The van der Waals surface area contributed by atoms with Gasteiger partial charge in [-0.15, -0.1) is 0 Å². The number of anilines is 3. The highest BCUT2D eigenvalue weighted by Crippen LogP contribution is 2.47. The van der Waals surface area contributed by atoms with Crippen molar-refractivity contribution >= 4 is 28.6 Å². The van der Waals surface area contributed by atoms with Crippen LogP contribution in [0.15, 0.2) is 30.6 Å². The lowest BCUT2D eigenvalue weighted by Gasteiger charge is -2.33. The summed E-state index contributed by atoms with van der Waals surface area (Å²) in [4.78, 5) is 26.1. The van der Waals surface area contributed by atoms with Gasteiger partial charge in [0.25, 0.3) is 0 Å². The zero-order valence-corrected chi connectivity index (χ0v) is 19.7. The molecule has 0 bridgehead atoms. The van der Waals surface area contributed by atoms with Gasteiger partial charge >= 0.3 is 23.9 Å². The summed E-state index contributed by atoms with van der Waals surface area (Å²) in [5, 5.41) is 7.16. The quantitative estimate of drug-likeness (QED) is 0.455. The summed E-state index contributed by atoms with van der Waals surface area (Å²) in [7, 11) is 0. The Morgan fingerprint density at radius 1 is 1.14 bits per heavy atom. The van der Waals surface area contributed by atoms with E-state index in [1.807, 2.05) is 18.5 Å². The molecule has 0 amide bonds. The van der Waals surface area contributed by atoms with Crippen LogP contribution in [-0.4, -0.2) is 61.2 Å². The molecule has 1 saturated heterocycles. The third-order valence-electron chi connectivity index (χ3n) is 6.52. The molecule has 0 radical (unpaired) electrons. The summed E-state index contributed by atoms with van der Waals surface area (Å²) >= 11 is 0. The fourth-order valence-electron chi connectivity index (χ4n) is 4.87. The largest absolute Gasteiger partial charge is 0.458 e. The Kier molecular flexibility index (Phi) is 7.47. The molecule has 3 aliphatic rings. The molecular formula is C24H24F6N4O3. The van der Waals surface area contributed by atoms with Gasteiger partial charge in [-0.25, -0.2) is 0 Å². The predicted molar refractivity (Wildman–Crippen MR) is 122 cm³/mol. The van der Waals surface area contributed by atoms with Crippen molar-refractivity contribution in [1.29, 1.82) is 0 Å². The second kappa shape index (κ2) is 10.3. The van der Waals surface area contributed by atoms with Crippen molar-refractivity contribution in [2.45, 2.75) is 44.3 Å². The standard InChI is InChI=1S/C20H24N4O.C4F6O2/c1-13-2-4-22-11-18(13)23-15-8-14-12-25-7-6-24-19-3-5-21-10-17(19)16(9-15)20(14)24;5-3(6,7)1(11)2(12)4(8,9)10/h2,4,8-9,11,17,19,21,23H,3,5-7,10,12H2,1H3;/t17-,19-;/m0./s1. The summed E-state index contributed by atoms with van der Waals surface area (Å²) in [6.45, 7) is 6.82. The molecule has 1 aromatic heterocycles. The fraction of sp³-hybridized carbons (Fsp3) is 0.458. The molecule has 0 spiro atoms. The number of pyridine rings is 1. The van der Waals surface area contributed by atoms with E-state index >= 15 is 0 Å². The molecule has 2 atom stereocenters. The highest BCUT2D eigenvalue weighted by molar-refractivity contribution is 6.41. The lowest BCUT2D eigenvalue weighted by Crippen LogP contribution is -2.44. The molecule has 4 heterocycles. The van der Waals surface area contributed by atoms with Gasteiger partial charge in [0.1, 0.15) is 0 Å². The number of fused-ring (bicyclic) bond motifs is 3. The zero-order chi connectivity index (χ0) is 27.0. The summed E-state index contributed by atoms with van der Waals surface area (Å²) in [5.74, 6) is -6.23. The maximum absolute atomic E-state index is 11.2. The number of alkyl halides is 6. The van der Waals surface area contributed by atoms with Gasteiger partial charge in [-0.05, 0) is 49.2 Å². The number of ketones is 2. The van der Waals surface area contributed by atoms with Crippen molar-refractivity contribution < 1.29 is 40.7 Å². The van der Waals surface area contributed by atoms with Crippen LogP contribution in [0.1, 0.15) is 29.0 Å². The first-order valence-corrected chi connectivity index (χ1v) is 11.5. The molecule has 0 unspecified atom stereocenters. The topological polar surface area (TPSA) is 83.6 Å². The molecule has 2 aromatic rings. The van der Waals surface area contributed by atoms with Crippen LogP contribution in [0.25, 0.3) is 0 Å². The second-order valence-electron chi connectivity index (χ2n) is 8.96. The number of ether oxygens (including phenoxy) is 1. The normalized spacial score (nSPS) is 20.7. The van der Waals surface area contributed by atoms with Gasteiger partial charge in [-0.3, -0.25) is 14.6 Å². The smallest absolute Gasteiger partial charge is 0.375 e. The van der Waals surface area contributed by atoms with Crippen molar-refractivity contribution in [1.82, 2.24) is 10.3 Å². The number of halogens is 6. The van der Waals surface area contributed by atoms with Crippen LogP contribution in [0.5, 0.6) is 0 Å². The van der Waals surface area contributed by atoms with E-state index in [1.165, 1.54) is 28.8 Å². The third kappa shape index (κ3) is 5.72. The Morgan fingerprint density at radius 3 is 2.49 bits per heavy atom. The fourth-order valence-corrected chi connectivity index (χ4v) is 4.87. The number of Topliss-reactive ketones (excluding diaryl/α,β-unsaturated/α-hetero) is 2. The maximum atomic E-state index is 11.2. The molecule has 13 heteroatoms. The number of carbonyl (C=O) groups excluding carboxylic acids is 2. The van der Waals surface area contributed by atoms with Gasteiger partial charge in [0, 0.05) is 48.2 Å². The van der Waals surface area contributed by atoms with E-state index in [4.69, 9.17) is 4.74 Å². The Balaban J connectivity index is 0.000000229. The van der Waals surface area contributed by atoms with E-state index in [-0.39, 0.29) is 0 Å². The molecule has 5 rings (SSSR count). The lowest BCUT2D eigenvalue weighted by atomic mass is 9.89. The minimum absolute atomic E-state index is 0.581. The second-order valence-corrected chi connectivity index (χ2v) is 8.96. The third-order valence-corrected chi connectivity index (χ3v) is 6.52. The minimum atomic E-state index is -5.77. The molecule has 0 saturated carbocycles. The van der Waals surface area contributed by atoms with Crippen LogP contribution in [-0.2, 0) is 20.9 Å². The Bertz CT molecular complexity index is 1160. The number of carbonyl (C=O) groups is 2. The molecule has 0 aliphatic carbocycles. The predicted octanol–water partition coefficient (Wildman–Crippen LogP) is 4.18. The van der Waals surface area contributed by atoms with Crippen LogP contribution in [0.3, 0.4) is 0 Å². The van der Waals surface area contributed by atoms with E-state index in [9.17, 15) is 35.9 Å². The highest BCUT2D eigenvalue weighted by Gasteiger charge is 2.54. The van der Waals surface area contributed by atoms with E-state index in [1.54, 1.807) is 0 Å². The number of nitrogens with one attached hydrogen (secondary N) is 2. The summed E-state index contributed by atoms with van der Waals surface area (Å²) < 4.78 is 72.8.